The first-order valence-electron chi connectivity index (χ1n) is 5.13. The Balaban J connectivity index is 2.50. The fraction of sp³-hybridized carbons (Fsp3) is 0.600. The van der Waals surface area contributed by atoms with Gasteiger partial charge in [0.2, 0.25) is 0 Å². The number of β-amino-alcohol motifs (C(OH)–C–C–N with tert-alkyl or cyclic N) is 1. The van der Waals surface area contributed by atoms with E-state index in [0.29, 0.717) is 12.2 Å². The van der Waals surface area contributed by atoms with Gasteiger partial charge < -0.3 is 10.4 Å². The van der Waals surface area contributed by atoms with Gasteiger partial charge in [0.05, 0.1) is 13.2 Å². The number of nitrogens with zero attached hydrogens (tertiary/aromatic N) is 1. The Hall–Kier alpha value is -1.36. The lowest BCUT2D eigenvalue weighted by Crippen LogP contribution is -2.35. The minimum Gasteiger partial charge on any atom is -0.395 e. The number of imide groups is 1. The van der Waals surface area contributed by atoms with Gasteiger partial charge in [-0.05, 0) is 6.42 Å². The summed E-state index contributed by atoms with van der Waals surface area (Å²) in [7, 11) is 0. The molecule has 0 saturated heterocycles. The zero-order chi connectivity index (χ0) is 11.3. The van der Waals surface area contributed by atoms with E-state index in [9.17, 15) is 9.59 Å². The van der Waals surface area contributed by atoms with E-state index >= 15 is 0 Å². The normalized spacial score (nSPS) is 15.9. The minimum absolute atomic E-state index is 0.0626. The zero-order valence-electron chi connectivity index (χ0n) is 8.82. The quantitative estimate of drug-likeness (QED) is 0.465. The van der Waals surface area contributed by atoms with E-state index in [1.165, 1.54) is 6.08 Å². The first-order valence-corrected chi connectivity index (χ1v) is 5.13. The maximum atomic E-state index is 11.6. The van der Waals surface area contributed by atoms with Crippen LogP contribution < -0.4 is 5.32 Å². The van der Waals surface area contributed by atoms with Crippen molar-refractivity contribution in [3.05, 3.63) is 11.8 Å². The molecule has 0 spiro atoms. The molecule has 0 aromatic rings. The Labute approximate surface area is 88.8 Å². The van der Waals surface area contributed by atoms with Crippen LogP contribution in [0.1, 0.15) is 19.8 Å². The Morgan fingerprint density at radius 2 is 2.20 bits per heavy atom. The molecular weight excluding hydrogens is 196 g/mol. The van der Waals surface area contributed by atoms with Crippen LogP contribution in [0.3, 0.4) is 0 Å². The second-order valence-corrected chi connectivity index (χ2v) is 3.36. The fourth-order valence-corrected chi connectivity index (χ4v) is 1.35. The summed E-state index contributed by atoms with van der Waals surface area (Å²) in [6.07, 6.45) is 3.27. The summed E-state index contributed by atoms with van der Waals surface area (Å²) in [4.78, 5) is 23.9. The Morgan fingerprint density at radius 1 is 1.47 bits per heavy atom. The molecule has 1 aliphatic heterocycles. The average Bonchev–Trinajstić information content (AvgIpc) is 2.47. The molecular formula is C10H16N2O3. The van der Waals surface area contributed by atoms with Crippen molar-refractivity contribution in [1.82, 2.24) is 10.2 Å². The van der Waals surface area contributed by atoms with Gasteiger partial charge in [-0.3, -0.25) is 14.5 Å². The summed E-state index contributed by atoms with van der Waals surface area (Å²) in [5.74, 6) is -0.696. The number of aliphatic hydroxyl groups excluding tert-OH is 1. The number of hydrogen-bond acceptors (Lipinski definition) is 4. The summed E-state index contributed by atoms with van der Waals surface area (Å²) in [6.45, 7) is 2.60. The van der Waals surface area contributed by atoms with E-state index in [4.69, 9.17) is 5.11 Å². The topological polar surface area (TPSA) is 69.6 Å². The van der Waals surface area contributed by atoms with Gasteiger partial charge in [0.15, 0.2) is 0 Å². The molecule has 0 saturated carbocycles. The Morgan fingerprint density at radius 3 is 2.80 bits per heavy atom. The van der Waals surface area contributed by atoms with E-state index < -0.39 is 0 Å². The number of hydrogen-bond donors (Lipinski definition) is 2. The van der Waals surface area contributed by atoms with Gasteiger partial charge in [0.1, 0.15) is 5.70 Å². The smallest absolute Gasteiger partial charge is 0.277 e. The molecule has 0 fully saturated rings. The number of amides is 2. The number of unbranched alkanes of at least 4 members (excludes halogenated alkanes) is 1. The number of rotatable bonds is 6. The highest BCUT2D eigenvalue weighted by atomic mass is 16.3. The molecule has 0 aromatic carbocycles. The van der Waals surface area contributed by atoms with Crippen LogP contribution in [0.4, 0.5) is 0 Å². The maximum absolute atomic E-state index is 11.6. The lowest BCUT2D eigenvalue weighted by molar-refractivity contribution is -0.137. The summed E-state index contributed by atoms with van der Waals surface area (Å²) < 4.78 is 0. The van der Waals surface area contributed by atoms with Gasteiger partial charge in [0.25, 0.3) is 11.8 Å². The van der Waals surface area contributed by atoms with Crippen LogP contribution in [-0.2, 0) is 9.59 Å². The first kappa shape index (κ1) is 11.7. The SMILES string of the molecule is CCCCNC1=CC(=O)N(CCO)C1=O. The average molecular weight is 212 g/mol. The molecule has 84 valence electrons. The van der Waals surface area contributed by atoms with Crippen molar-refractivity contribution in [3.63, 3.8) is 0 Å². The lowest BCUT2D eigenvalue weighted by atomic mass is 10.3. The van der Waals surface area contributed by atoms with E-state index in [0.717, 1.165) is 17.7 Å². The van der Waals surface area contributed by atoms with Gasteiger partial charge in [-0.15, -0.1) is 0 Å². The second kappa shape index (κ2) is 5.50. The van der Waals surface area contributed by atoms with Crippen molar-refractivity contribution in [1.29, 1.82) is 0 Å². The molecule has 0 aliphatic carbocycles. The molecule has 1 heterocycles. The summed E-state index contributed by atoms with van der Waals surface area (Å²) in [6, 6.07) is 0. The van der Waals surface area contributed by atoms with Crippen LogP contribution in [0.2, 0.25) is 0 Å². The third-order valence-electron chi connectivity index (χ3n) is 2.18. The number of carbonyl (C=O) groups excluding carboxylic acids is 2. The van der Waals surface area contributed by atoms with Crippen LogP contribution in [-0.4, -0.2) is 41.5 Å². The van der Waals surface area contributed by atoms with Crippen LogP contribution in [0.25, 0.3) is 0 Å². The largest absolute Gasteiger partial charge is 0.395 e. The van der Waals surface area contributed by atoms with Gasteiger partial charge in [0, 0.05) is 12.6 Å². The maximum Gasteiger partial charge on any atom is 0.277 e. The second-order valence-electron chi connectivity index (χ2n) is 3.36. The van der Waals surface area contributed by atoms with Crippen LogP contribution >= 0.6 is 0 Å². The molecule has 0 atom stereocenters. The van der Waals surface area contributed by atoms with Crippen molar-refractivity contribution in [3.8, 4) is 0 Å². The van der Waals surface area contributed by atoms with Crippen LogP contribution in [0, 0.1) is 0 Å². The monoisotopic (exact) mass is 212 g/mol. The van der Waals surface area contributed by atoms with Crippen LogP contribution in [0.5, 0.6) is 0 Å². The first-order chi connectivity index (χ1) is 7.20. The van der Waals surface area contributed by atoms with Crippen molar-refractivity contribution in [2.75, 3.05) is 19.7 Å². The highest BCUT2D eigenvalue weighted by molar-refractivity contribution is 6.15. The predicted octanol–water partition coefficient (Wildman–Crippen LogP) is -0.379. The molecule has 0 unspecified atom stereocenters. The molecule has 5 heteroatoms. The lowest BCUT2D eigenvalue weighted by Gasteiger charge is -2.13. The van der Waals surface area contributed by atoms with Crippen molar-refractivity contribution < 1.29 is 14.7 Å². The van der Waals surface area contributed by atoms with Gasteiger partial charge in [-0.2, -0.15) is 0 Å². The highest BCUT2D eigenvalue weighted by Gasteiger charge is 2.29. The van der Waals surface area contributed by atoms with Gasteiger partial charge in [-0.25, -0.2) is 0 Å². The summed E-state index contributed by atoms with van der Waals surface area (Å²) in [5.41, 5.74) is 0.335. The Kier molecular flexibility index (Phi) is 4.30. The molecule has 1 rings (SSSR count). The van der Waals surface area contributed by atoms with Crippen molar-refractivity contribution in [2.24, 2.45) is 0 Å². The number of aliphatic hydroxyl groups is 1. The standard InChI is InChI=1S/C10H16N2O3/c1-2-3-4-11-8-7-9(14)12(5-6-13)10(8)15/h7,11,13H,2-6H2,1H3. The molecule has 5 nitrogen and oxygen atoms in total. The number of nitrogens with one attached hydrogen (secondary N) is 1. The molecule has 0 radical (unpaired) electrons. The zero-order valence-corrected chi connectivity index (χ0v) is 8.82. The van der Waals surface area contributed by atoms with Gasteiger partial charge in [-0.1, -0.05) is 13.3 Å². The molecule has 0 aromatic heterocycles. The van der Waals surface area contributed by atoms with Crippen molar-refractivity contribution >= 4 is 11.8 Å². The minimum atomic E-state index is -0.354. The van der Waals surface area contributed by atoms with E-state index in [2.05, 4.69) is 12.2 Å². The van der Waals surface area contributed by atoms with E-state index in [1.807, 2.05) is 0 Å². The third kappa shape index (κ3) is 2.79. The molecule has 2 N–H and O–H groups in total. The molecule has 2 amide bonds. The predicted molar refractivity (Wildman–Crippen MR) is 54.8 cm³/mol. The third-order valence-corrected chi connectivity index (χ3v) is 2.18. The number of carbonyl (C=O) groups is 2. The Bertz CT molecular complexity index is 286. The van der Waals surface area contributed by atoms with E-state index in [1.54, 1.807) is 0 Å². The molecule has 15 heavy (non-hydrogen) atoms. The molecule has 0 bridgehead atoms. The van der Waals surface area contributed by atoms with E-state index in [-0.39, 0.29) is 25.0 Å². The summed E-state index contributed by atoms with van der Waals surface area (Å²) in [5, 5.41) is 11.6. The summed E-state index contributed by atoms with van der Waals surface area (Å²) >= 11 is 0. The molecule has 1 aliphatic rings. The van der Waals surface area contributed by atoms with Gasteiger partial charge >= 0.3 is 0 Å². The highest BCUT2D eigenvalue weighted by Crippen LogP contribution is 2.09. The van der Waals surface area contributed by atoms with Crippen LogP contribution in [0.15, 0.2) is 11.8 Å². The van der Waals surface area contributed by atoms with Crippen molar-refractivity contribution in [2.45, 2.75) is 19.8 Å². The fourth-order valence-electron chi connectivity index (χ4n) is 1.35.